The van der Waals surface area contributed by atoms with Crippen molar-refractivity contribution in [3.05, 3.63) is 35.9 Å². The molecule has 1 amide bonds. The minimum absolute atomic E-state index is 0.297. The third-order valence-electron chi connectivity index (χ3n) is 3.39. The van der Waals surface area contributed by atoms with Gasteiger partial charge in [-0.15, -0.1) is 0 Å². The number of carbonyl (C=O) groups excluding carboxylic acids is 1. The summed E-state index contributed by atoms with van der Waals surface area (Å²) in [4.78, 5) is 21.8. The number of benzene rings is 1. The Kier molecular flexibility index (Phi) is 3.69. The van der Waals surface area contributed by atoms with E-state index in [1.165, 1.54) is 0 Å². The molecule has 1 fully saturated rings. The van der Waals surface area contributed by atoms with Crippen molar-refractivity contribution >= 4 is 11.9 Å². The average molecular weight is 287 g/mol. The molecule has 1 aromatic rings. The fraction of sp³-hybridized carbons (Fsp3) is 0.385. The fourth-order valence-corrected chi connectivity index (χ4v) is 2.41. The molecule has 20 heavy (non-hydrogen) atoms. The second-order valence-electron chi connectivity index (χ2n) is 4.67. The molecule has 3 atom stereocenters. The molecule has 1 aliphatic carbocycles. The summed E-state index contributed by atoms with van der Waals surface area (Å²) in [6, 6.07) is 8.69. The Balaban J connectivity index is 2.01. The van der Waals surface area contributed by atoms with Gasteiger partial charge in [-0.1, -0.05) is 30.3 Å². The molecule has 7 heteroatoms. The van der Waals surface area contributed by atoms with E-state index in [0.29, 0.717) is 0 Å². The van der Waals surface area contributed by atoms with Crippen molar-refractivity contribution in [3.63, 3.8) is 0 Å². The van der Waals surface area contributed by atoms with Crippen LogP contribution in [0.1, 0.15) is 11.5 Å². The van der Waals surface area contributed by atoms with Crippen LogP contribution in [0.3, 0.4) is 0 Å². The number of aliphatic carboxylic acids is 1. The van der Waals surface area contributed by atoms with E-state index in [-0.39, 0.29) is 12.5 Å². The Morgan fingerprint density at radius 1 is 1.20 bits per heavy atom. The molecule has 108 valence electrons. The van der Waals surface area contributed by atoms with Crippen LogP contribution in [-0.2, 0) is 9.59 Å². The van der Waals surface area contributed by atoms with Gasteiger partial charge in [-0.2, -0.15) is 13.2 Å². The molecule has 1 aromatic carbocycles. The van der Waals surface area contributed by atoms with Gasteiger partial charge in [-0.25, -0.2) is 0 Å². The maximum Gasteiger partial charge on any atom is 0.471 e. The lowest BCUT2D eigenvalue weighted by Crippen LogP contribution is -2.38. The largest absolute Gasteiger partial charge is 0.481 e. The number of carboxylic acids is 1. The molecular weight excluding hydrogens is 275 g/mol. The Hall–Kier alpha value is -2.05. The van der Waals surface area contributed by atoms with Crippen molar-refractivity contribution in [2.45, 2.75) is 12.1 Å². The van der Waals surface area contributed by atoms with Gasteiger partial charge in [0.2, 0.25) is 0 Å². The standard InChI is InChI=1S/C13H12F3NO3/c14-13(15,16)12(20)17-6-8-9(10(8)11(18)19)7-4-2-1-3-5-7/h1-5,8-10H,6H2,(H,17,20)(H,18,19). The Morgan fingerprint density at radius 3 is 2.30 bits per heavy atom. The molecule has 0 aliphatic heterocycles. The first-order valence-electron chi connectivity index (χ1n) is 5.95. The van der Waals surface area contributed by atoms with Crippen molar-refractivity contribution in [1.29, 1.82) is 0 Å². The van der Waals surface area contributed by atoms with Crippen molar-refractivity contribution in [3.8, 4) is 0 Å². The molecule has 4 nitrogen and oxygen atoms in total. The predicted octanol–water partition coefficient (Wildman–Crippen LogP) is 1.78. The second-order valence-corrected chi connectivity index (χ2v) is 4.67. The number of carboxylic acid groups (broad SMARTS) is 1. The number of rotatable bonds is 4. The highest BCUT2D eigenvalue weighted by Gasteiger charge is 2.56. The highest BCUT2D eigenvalue weighted by atomic mass is 19.4. The van der Waals surface area contributed by atoms with Crippen LogP contribution in [0.15, 0.2) is 30.3 Å². The first kappa shape index (κ1) is 14.4. The molecule has 0 spiro atoms. The minimum Gasteiger partial charge on any atom is -0.481 e. The number of alkyl halides is 3. The first-order valence-corrected chi connectivity index (χ1v) is 5.95. The zero-order valence-corrected chi connectivity index (χ0v) is 10.2. The van der Waals surface area contributed by atoms with Crippen LogP contribution in [0, 0.1) is 11.8 Å². The molecular formula is C13H12F3NO3. The van der Waals surface area contributed by atoms with Crippen LogP contribution in [0.2, 0.25) is 0 Å². The molecule has 0 aromatic heterocycles. The lowest BCUT2D eigenvalue weighted by atomic mass is 10.1. The van der Waals surface area contributed by atoms with Gasteiger partial charge >= 0.3 is 18.1 Å². The molecule has 2 N–H and O–H groups in total. The van der Waals surface area contributed by atoms with Crippen molar-refractivity contribution in [2.75, 3.05) is 6.54 Å². The van der Waals surface area contributed by atoms with Crippen LogP contribution < -0.4 is 5.32 Å². The van der Waals surface area contributed by atoms with Crippen LogP contribution in [0.5, 0.6) is 0 Å². The number of halogens is 3. The lowest BCUT2D eigenvalue weighted by Gasteiger charge is -2.07. The summed E-state index contributed by atoms with van der Waals surface area (Å²) < 4.78 is 36.2. The van der Waals surface area contributed by atoms with Gasteiger partial charge in [0.05, 0.1) is 5.92 Å². The van der Waals surface area contributed by atoms with E-state index >= 15 is 0 Å². The third kappa shape index (κ3) is 2.92. The van der Waals surface area contributed by atoms with Crippen LogP contribution in [0.4, 0.5) is 13.2 Å². The summed E-state index contributed by atoms with van der Waals surface area (Å²) in [5.74, 6) is -4.74. The average Bonchev–Trinajstić information content (AvgIpc) is 3.10. The highest BCUT2D eigenvalue weighted by Crippen LogP contribution is 2.53. The number of nitrogens with one attached hydrogen (secondary N) is 1. The fourth-order valence-electron chi connectivity index (χ4n) is 2.41. The van der Waals surface area contributed by atoms with Crippen molar-refractivity contribution < 1.29 is 27.9 Å². The molecule has 0 saturated heterocycles. The van der Waals surface area contributed by atoms with Crippen molar-refractivity contribution in [2.24, 2.45) is 11.8 Å². The first-order chi connectivity index (χ1) is 9.32. The van der Waals surface area contributed by atoms with Crippen LogP contribution in [-0.4, -0.2) is 29.7 Å². The predicted molar refractivity (Wildman–Crippen MR) is 62.9 cm³/mol. The molecule has 0 bridgehead atoms. The quantitative estimate of drug-likeness (QED) is 0.887. The van der Waals surface area contributed by atoms with E-state index in [0.717, 1.165) is 5.56 Å². The molecule has 0 radical (unpaired) electrons. The van der Waals surface area contributed by atoms with Gasteiger partial charge in [0.15, 0.2) is 0 Å². The third-order valence-corrected chi connectivity index (χ3v) is 3.39. The van der Waals surface area contributed by atoms with Gasteiger partial charge in [0.1, 0.15) is 0 Å². The van der Waals surface area contributed by atoms with E-state index in [9.17, 15) is 22.8 Å². The van der Waals surface area contributed by atoms with E-state index in [1.807, 2.05) is 0 Å². The smallest absolute Gasteiger partial charge is 0.471 e. The lowest BCUT2D eigenvalue weighted by molar-refractivity contribution is -0.173. The summed E-state index contributed by atoms with van der Waals surface area (Å²) in [6.07, 6.45) is -4.95. The van der Waals surface area contributed by atoms with Gasteiger partial charge in [-0.3, -0.25) is 9.59 Å². The number of amides is 1. The maximum absolute atomic E-state index is 12.1. The monoisotopic (exact) mass is 287 g/mol. The normalized spacial score (nSPS) is 25.1. The number of carbonyl (C=O) groups is 2. The zero-order chi connectivity index (χ0) is 14.9. The topological polar surface area (TPSA) is 66.4 Å². The molecule has 2 rings (SSSR count). The molecule has 0 heterocycles. The van der Waals surface area contributed by atoms with Crippen LogP contribution >= 0.6 is 0 Å². The number of hydrogen-bond acceptors (Lipinski definition) is 2. The zero-order valence-electron chi connectivity index (χ0n) is 10.2. The molecule has 1 saturated carbocycles. The molecule has 1 aliphatic rings. The Bertz CT molecular complexity index is 515. The summed E-state index contributed by atoms with van der Waals surface area (Å²) in [6.45, 7) is -0.297. The van der Waals surface area contributed by atoms with Crippen molar-refractivity contribution in [1.82, 2.24) is 5.32 Å². The Labute approximate surface area is 112 Å². The van der Waals surface area contributed by atoms with E-state index in [1.54, 1.807) is 35.6 Å². The highest BCUT2D eigenvalue weighted by molar-refractivity contribution is 5.82. The molecule has 3 unspecified atom stereocenters. The van der Waals surface area contributed by atoms with Gasteiger partial charge < -0.3 is 10.4 Å². The Morgan fingerprint density at radius 2 is 1.80 bits per heavy atom. The second kappa shape index (κ2) is 5.15. The SMILES string of the molecule is O=C(O)C1C(CNC(=O)C(F)(F)F)C1c1ccccc1. The number of hydrogen-bond donors (Lipinski definition) is 2. The van der Waals surface area contributed by atoms with E-state index < -0.39 is 29.9 Å². The summed E-state index contributed by atoms with van der Waals surface area (Å²) >= 11 is 0. The minimum atomic E-state index is -4.95. The van der Waals surface area contributed by atoms with E-state index in [4.69, 9.17) is 5.11 Å². The van der Waals surface area contributed by atoms with E-state index in [2.05, 4.69) is 0 Å². The van der Waals surface area contributed by atoms with Gasteiger partial charge in [-0.05, 0) is 11.5 Å². The summed E-state index contributed by atoms with van der Waals surface area (Å²) in [7, 11) is 0. The maximum atomic E-state index is 12.1. The van der Waals surface area contributed by atoms with Gasteiger partial charge in [0, 0.05) is 12.5 Å². The van der Waals surface area contributed by atoms with Gasteiger partial charge in [0.25, 0.3) is 0 Å². The van der Waals surface area contributed by atoms with Crippen LogP contribution in [0.25, 0.3) is 0 Å². The summed E-state index contributed by atoms with van der Waals surface area (Å²) in [5, 5.41) is 10.8. The summed E-state index contributed by atoms with van der Waals surface area (Å²) in [5.41, 5.74) is 0.756.